The predicted molar refractivity (Wildman–Crippen MR) is 99.4 cm³/mol. The minimum absolute atomic E-state index is 0.0633. The molecule has 2 rings (SSSR count). The highest BCUT2D eigenvalue weighted by Gasteiger charge is 2.11. The van der Waals surface area contributed by atoms with E-state index in [1.54, 1.807) is 11.8 Å². The Morgan fingerprint density at radius 3 is 2.74 bits per heavy atom. The summed E-state index contributed by atoms with van der Waals surface area (Å²) in [5.74, 6) is 0.718. The Bertz CT molecular complexity index is 661. The lowest BCUT2D eigenvalue weighted by atomic mass is 10.2. The monoisotopic (exact) mass is 393 g/mol. The Balaban J connectivity index is 1.85. The fraction of sp³-hybridized carbons (Fsp3) is 0.278. The number of rotatable bonds is 7. The quantitative estimate of drug-likeness (QED) is 0.544. The lowest BCUT2D eigenvalue weighted by molar-refractivity contribution is 0.0944. The average Bonchev–Trinajstić information content (AvgIpc) is 2.51. The van der Waals surface area contributed by atoms with Crippen LogP contribution in [0.4, 0.5) is 0 Å². The average molecular weight is 394 g/mol. The molecule has 0 unspecified atom stereocenters. The van der Waals surface area contributed by atoms with Crippen molar-refractivity contribution >= 4 is 33.6 Å². The molecular weight excluding hydrogens is 374 g/mol. The van der Waals surface area contributed by atoms with Crippen LogP contribution in [0, 0.1) is 0 Å². The maximum absolute atomic E-state index is 12.3. The molecule has 1 N–H and O–H groups in total. The fourth-order valence-corrected chi connectivity index (χ4v) is 3.33. The standard InChI is InChI=1S/C18H20BrNO2S/c1-13(2)23-17-9-4-3-8-16(17)18(21)20-10-11-22-15-7-5-6-14(19)12-15/h3-9,12-13H,10-11H2,1-2H3,(H,20,21). The normalized spacial score (nSPS) is 10.6. The van der Waals surface area contributed by atoms with Crippen LogP contribution in [-0.2, 0) is 0 Å². The second-order valence-corrected chi connectivity index (χ2v) is 7.76. The number of carbonyl (C=O) groups excluding carboxylic acids is 1. The SMILES string of the molecule is CC(C)Sc1ccccc1C(=O)NCCOc1cccc(Br)c1. The predicted octanol–water partition coefficient (Wildman–Crippen LogP) is 4.76. The molecule has 0 heterocycles. The van der Waals surface area contributed by atoms with Crippen molar-refractivity contribution in [1.82, 2.24) is 5.32 Å². The van der Waals surface area contributed by atoms with Crippen LogP contribution in [0.1, 0.15) is 24.2 Å². The van der Waals surface area contributed by atoms with Crippen molar-refractivity contribution in [2.45, 2.75) is 24.0 Å². The van der Waals surface area contributed by atoms with Crippen molar-refractivity contribution in [3.63, 3.8) is 0 Å². The van der Waals surface area contributed by atoms with Gasteiger partial charge in [-0.1, -0.05) is 48.0 Å². The maximum atomic E-state index is 12.3. The lowest BCUT2D eigenvalue weighted by Crippen LogP contribution is -2.28. The lowest BCUT2D eigenvalue weighted by Gasteiger charge is -2.12. The van der Waals surface area contributed by atoms with E-state index in [0.29, 0.717) is 24.0 Å². The second kappa shape index (κ2) is 8.99. The molecular formula is C18H20BrNO2S. The van der Waals surface area contributed by atoms with Gasteiger partial charge in [0.2, 0.25) is 0 Å². The number of hydrogen-bond donors (Lipinski definition) is 1. The van der Waals surface area contributed by atoms with Crippen molar-refractivity contribution in [3.8, 4) is 5.75 Å². The van der Waals surface area contributed by atoms with Crippen molar-refractivity contribution in [1.29, 1.82) is 0 Å². The van der Waals surface area contributed by atoms with Crippen LogP contribution >= 0.6 is 27.7 Å². The summed E-state index contributed by atoms with van der Waals surface area (Å²) in [6.07, 6.45) is 0. The van der Waals surface area contributed by atoms with Crippen LogP contribution in [0.25, 0.3) is 0 Å². The van der Waals surface area contributed by atoms with Gasteiger partial charge in [0.25, 0.3) is 5.91 Å². The van der Waals surface area contributed by atoms with Gasteiger partial charge in [-0.3, -0.25) is 4.79 Å². The van der Waals surface area contributed by atoms with Crippen LogP contribution in [0.15, 0.2) is 57.9 Å². The third kappa shape index (κ3) is 5.92. The first kappa shape index (κ1) is 17.9. The molecule has 0 aliphatic rings. The summed E-state index contributed by atoms with van der Waals surface area (Å²) in [5.41, 5.74) is 0.716. The molecule has 2 aromatic rings. The smallest absolute Gasteiger partial charge is 0.252 e. The molecule has 5 heteroatoms. The Morgan fingerprint density at radius 2 is 2.00 bits per heavy atom. The third-order valence-electron chi connectivity index (χ3n) is 2.95. The van der Waals surface area contributed by atoms with Crippen LogP contribution in [0.5, 0.6) is 5.75 Å². The summed E-state index contributed by atoms with van der Waals surface area (Å²) in [7, 11) is 0. The first-order chi connectivity index (χ1) is 11.1. The Labute approximate surface area is 149 Å². The summed E-state index contributed by atoms with van der Waals surface area (Å²) in [6.45, 7) is 5.13. The van der Waals surface area contributed by atoms with E-state index in [0.717, 1.165) is 15.1 Å². The number of nitrogens with one attached hydrogen (secondary N) is 1. The summed E-state index contributed by atoms with van der Waals surface area (Å²) in [6, 6.07) is 15.3. The minimum atomic E-state index is -0.0633. The number of ether oxygens (including phenoxy) is 1. The number of benzene rings is 2. The number of halogens is 1. The molecule has 0 radical (unpaired) electrons. The number of thioether (sulfide) groups is 1. The van der Waals surface area contributed by atoms with E-state index >= 15 is 0 Å². The van der Waals surface area contributed by atoms with Crippen LogP contribution < -0.4 is 10.1 Å². The van der Waals surface area contributed by atoms with E-state index in [1.807, 2.05) is 48.5 Å². The van der Waals surface area contributed by atoms with Crippen LogP contribution in [0.3, 0.4) is 0 Å². The van der Waals surface area contributed by atoms with E-state index < -0.39 is 0 Å². The van der Waals surface area contributed by atoms with E-state index in [-0.39, 0.29) is 5.91 Å². The van der Waals surface area contributed by atoms with Gasteiger partial charge >= 0.3 is 0 Å². The molecule has 0 saturated heterocycles. The molecule has 0 aliphatic heterocycles. The Hall–Kier alpha value is -1.46. The molecule has 1 amide bonds. The van der Waals surface area contributed by atoms with Gasteiger partial charge in [0, 0.05) is 14.6 Å². The topological polar surface area (TPSA) is 38.3 Å². The Kier molecular flexibility index (Phi) is 6.99. The van der Waals surface area contributed by atoms with Gasteiger partial charge in [0.1, 0.15) is 12.4 Å². The van der Waals surface area contributed by atoms with Gasteiger partial charge in [-0.25, -0.2) is 0 Å². The molecule has 0 saturated carbocycles. The molecule has 0 aromatic heterocycles. The van der Waals surface area contributed by atoms with Gasteiger partial charge in [0.15, 0.2) is 0 Å². The largest absolute Gasteiger partial charge is 0.492 e. The highest BCUT2D eigenvalue weighted by molar-refractivity contribution is 9.10. The molecule has 0 atom stereocenters. The highest BCUT2D eigenvalue weighted by Crippen LogP contribution is 2.26. The van der Waals surface area contributed by atoms with Crippen molar-refractivity contribution < 1.29 is 9.53 Å². The van der Waals surface area contributed by atoms with Crippen LogP contribution in [-0.4, -0.2) is 24.3 Å². The number of hydrogen-bond acceptors (Lipinski definition) is 3. The zero-order valence-electron chi connectivity index (χ0n) is 13.2. The first-order valence-electron chi connectivity index (χ1n) is 7.48. The molecule has 0 bridgehead atoms. The van der Waals surface area contributed by atoms with Crippen molar-refractivity contribution in [2.24, 2.45) is 0 Å². The fourth-order valence-electron chi connectivity index (χ4n) is 2.00. The number of amides is 1. The molecule has 0 spiro atoms. The van der Waals surface area contributed by atoms with Gasteiger partial charge in [0.05, 0.1) is 12.1 Å². The summed E-state index contributed by atoms with van der Waals surface area (Å²) in [5, 5.41) is 3.34. The zero-order chi connectivity index (χ0) is 16.7. The first-order valence-corrected chi connectivity index (χ1v) is 9.16. The summed E-state index contributed by atoms with van der Waals surface area (Å²) < 4.78 is 6.59. The van der Waals surface area contributed by atoms with E-state index in [1.165, 1.54) is 0 Å². The second-order valence-electron chi connectivity index (χ2n) is 5.22. The third-order valence-corrected chi connectivity index (χ3v) is 4.52. The summed E-state index contributed by atoms with van der Waals surface area (Å²) >= 11 is 5.09. The molecule has 122 valence electrons. The van der Waals surface area contributed by atoms with Gasteiger partial charge < -0.3 is 10.1 Å². The maximum Gasteiger partial charge on any atom is 0.252 e. The number of carbonyl (C=O) groups is 1. The van der Waals surface area contributed by atoms with Gasteiger partial charge in [-0.05, 0) is 30.3 Å². The van der Waals surface area contributed by atoms with Crippen molar-refractivity contribution in [3.05, 3.63) is 58.6 Å². The molecule has 0 fully saturated rings. The van der Waals surface area contributed by atoms with E-state index in [9.17, 15) is 4.79 Å². The molecule has 23 heavy (non-hydrogen) atoms. The van der Waals surface area contributed by atoms with Crippen molar-refractivity contribution in [2.75, 3.05) is 13.2 Å². The van der Waals surface area contributed by atoms with Crippen LogP contribution in [0.2, 0.25) is 0 Å². The summed E-state index contributed by atoms with van der Waals surface area (Å²) in [4.78, 5) is 13.3. The van der Waals surface area contributed by atoms with E-state index in [4.69, 9.17) is 4.74 Å². The molecule has 2 aromatic carbocycles. The van der Waals surface area contributed by atoms with Gasteiger partial charge in [-0.15, -0.1) is 11.8 Å². The minimum Gasteiger partial charge on any atom is -0.492 e. The van der Waals surface area contributed by atoms with Gasteiger partial charge in [-0.2, -0.15) is 0 Å². The zero-order valence-corrected chi connectivity index (χ0v) is 15.6. The highest BCUT2D eigenvalue weighted by atomic mass is 79.9. The molecule has 3 nitrogen and oxygen atoms in total. The molecule has 0 aliphatic carbocycles. The van der Waals surface area contributed by atoms with E-state index in [2.05, 4.69) is 35.1 Å². The Morgan fingerprint density at radius 1 is 1.22 bits per heavy atom.